The second kappa shape index (κ2) is 5.61. The molecule has 1 aromatic carbocycles. The summed E-state index contributed by atoms with van der Waals surface area (Å²) >= 11 is 5.85. The van der Waals surface area contributed by atoms with E-state index in [9.17, 15) is 14.7 Å². The Morgan fingerprint density at radius 1 is 1.42 bits per heavy atom. The Balaban J connectivity index is 2.40. The van der Waals surface area contributed by atoms with Crippen LogP contribution in [0.1, 0.15) is 31.4 Å². The second-order valence-electron chi connectivity index (χ2n) is 4.66. The summed E-state index contributed by atoms with van der Waals surface area (Å²) in [5.74, 6) is -1.40. The zero-order valence-corrected chi connectivity index (χ0v) is 11.4. The predicted octanol–water partition coefficient (Wildman–Crippen LogP) is 2.72. The third kappa shape index (κ3) is 2.73. The number of rotatable bonds is 3. The highest BCUT2D eigenvalue weighted by Gasteiger charge is 2.39. The van der Waals surface area contributed by atoms with Crippen molar-refractivity contribution in [3.8, 4) is 0 Å². The molecule has 1 amide bonds. The van der Waals surface area contributed by atoms with E-state index in [1.807, 2.05) is 6.92 Å². The van der Waals surface area contributed by atoms with Gasteiger partial charge in [-0.3, -0.25) is 9.59 Å². The molecule has 0 aromatic heterocycles. The zero-order chi connectivity index (χ0) is 14.0. The number of carboxylic acids is 1. The van der Waals surface area contributed by atoms with Crippen LogP contribution >= 0.6 is 11.6 Å². The maximum atomic E-state index is 12.0. The minimum Gasteiger partial charge on any atom is -0.481 e. The summed E-state index contributed by atoms with van der Waals surface area (Å²) in [5.41, 5.74) is 0.826. The number of carbonyl (C=O) groups excluding carboxylic acids is 1. The number of carboxylic acid groups (broad SMARTS) is 1. The number of piperidine rings is 1. The van der Waals surface area contributed by atoms with Crippen molar-refractivity contribution < 1.29 is 14.7 Å². The van der Waals surface area contributed by atoms with Crippen LogP contribution in [-0.4, -0.2) is 28.4 Å². The molecule has 0 bridgehead atoms. The van der Waals surface area contributed by atoms with Crippen molar-refractivity contribution in [3.05, 3.63) is 34.9 Å². The highest BCUT2D eigenvalue weighted by Crippen LogP contribution is 2.37. The third-order valence-corrected chi connectivity index (χ3v) is 3.83. The molecule has 5 heteroatoms. The molecule has 1 saturated heterocycles. The van der Waals surface area contributed by atoms with Crippen molar-refractivity contribution in [2.45, 2.75) is 25.8 Å². The van der Waals surface area contributed by atoms with Gasteiger partial charge in [-0.05, 0) is 31.0 Å². The summed E-state index contributed by atoms with van der Waals surface area (Å²) in [5, 5.41) is 9.96. The van der Waals surface area contributed by atoms with Gasteiger partial charge < -0.3 is 10.0 Å². The van der Waals surface area contributed by atoms with Gasteiger partial charge in [-0.25, -0.2) is 0 Å². The van der Waals surface area contributed by atoms with Gasteiger partial charge >= 0.3 is 5.97 Å². The highest BCUT2D eigenvalue weighted by atomic mass is 35.5. The monoisotopic (exact) mass is 281 g/mol. The standard InChI is InChI=1S/C14H16ClNO3/c1-2-16-12(17)8-7-11(14(18)19)13(16)9-3-5-10(15)6-4-9/h3-6,11,13H,2,7-8H2,1H3,(H,18,19)/t11-,13+/m1/s1. The fourth-order valence-corrected chi connectivity index (χ4v) is 2.78. The van der Waals surface area contributed by atoms with Crippen LogP contribution in [0, 0.1) is 5.92 Å². The van der Waals surface area contributed by atoms with E-state index in [-0.39, 0.29) is 5.91 Å². The number of aliphatic carboxylic acids is 1. The van der Waals surface area contributed by atoms with Gasteiger partial charge in [0.2, 0.25) is 5.91 Å². The van der Waals surface area contributed by atoms with E-state index in [4.69, 9.17) is 11.6 Å². The summed E-state index contributed by atoms with van der Waals surface area (Å²) in [4.78, 5) is 25.0. The molecule has 1 N–H and O–H groups in total. The molecule has 1 aliphatic heterocycles. The minimum absolute atomic E-state index is 0.0138. The normalized spacial score (nSPS) is 23.5. The first-order valence-corrected chi connectivity index (χ1v) is 6.70. The average molecular weight is 282 g/mol. The molecule has 0 spiro atoms. The second-order valence-corrected chi connectivity index (χ2v) is 5.10. The van der Waals surface area contributed by atoms with Gasteiger partial charge in [-0.1, -0.05) is 23.7 Å². The van der Waals surface area contributed by atoms with Crippen LogP contribution < -0.4 is 0 Å². The summed E-state index contributed by atoms with van der Waals surface area (Å²) in [6.45, 7) is 2.38. The smallest absolute Gasteiger partial charge is 0.308 e. The van der Waals surface area contributed by atoms with E-state index in [0.717, 1.165) is 5.56 Å². The fraction of sp³-hybridized carbons (Fsp3) is 0.429. The Morgan fingerprint density at radius 2 is 2.05 bits per heavy atom. The van der Waals surface area contributed by atoms with Crippen LogP contribution in [0.3, 0.4) is 0 Å². The van der Waals surface area contributed by atoms with Gasteiger partial charge in [0.25, 0.3) is 0 Å². The van der Waals surface area contributed by atoms with Crippen molar-refractivity contribution >= 4 is 23.5 Å². The lowest BCUT2D eigenvalue weighted by Crippen LogP contribution is -2.45. The van der Waals surface area contributed by atoms with E-state index < -0.39 is 17.9 Å². The van der Waals surface area contributed by atoms with E-state index in [2.05, 4.69) is 0 Å². The Hall–Kier alpha value is -1.55. The van der Waals surface area contributed by atoms with Crippen molar-refractivity contribution in [2.75, 3.05) is 6.54 Å². The molecule has 2 atom stereocenters. The van der Waals surface area contributed by atoms with Gasteiger partial charge in [0.15, 0.2) is 0 Å². The van der Waals surface area contributed by atoms with Crippen LogP contribution in [0.4, 0.5) is 0 Å². The number of nitrogens with zero attached hydrogens (tertiary/aromatic N) is 1. The summed E-state index contributed by atoms with van der Waals surface area (Å²) in [6.07, 6.45) is 0.687. The Kier molecular flexibility index (Phi) is 4.10. The number of amides is 1. The first-order valence-electron chi connectivity index (χ1n) is 6.32. The zero-order valence-electron chi connectivity index (χ0n) is 10.7. The highest BCUT2D eigenvalue weighted by molar-refractivity contribution is 6.30. The molecular formula is C14H16ClNO3. The molecule has 1 heterocycles. The molecule has 0 saturated carbocycles. The Bertz CT molecular complexity index is 484. The number of halogens is 1. The number of hydrogen-bond acceptors (Lipinski definition) is 2. The molecule has 4 nitrogen and oxygen atoms in total. The van der Waals surface area contributed by atoms with Gasteiger partial charge in [-0.15, -0.1) is 0 Å². The maximum Gasteiger partial charge on any atom is 0.308 e. The molecule has 1 aliphatic rings. The third-order valence-electron chi connectivity index (χ3n) is 3.58. The minimum atomic E-state index is -0.856. The van der Waals surface area contributed by atoms with Gasteiger partial charge in [0.05, 0.1) is 12.0 Å². The molecule has 0 aliphatic carbocycles. The van der Waals surface area contributed by atoms with E-state index in [1.54, 1.807) is 29.2 Å². The number of carbonyl (C=O) groups is 2. The van der Waals surface area contributed by atoms with Crippen LogP contribution in [0.25, 0.3) is 0 Å². The largest absolute Gasteiger partial charge is 0.481 e. The first-order chi connectivity index (χ1) is 9.04. The average Bonchev–Trinajstić information content (AvgIpc) is 2.39. The van der Waals surface area contributed by atoms with Gasteiger partial charge in [-0.2, -0.15) is 0 Å². The van der Waals surface area contributed by atoms with E-state index in [1.165, 1.54) is 0 Å². The van der Waals surface area contributed by atoms with Crippen LogP contribution in [0.15, 0.2) is 24.3 Å². The van der Waals surface area contributed by atoms with Crippen LogP contribution in [0.5, 0.6) is 0 Å². The maximum absolute atomic E-state index is 12.0. The lowest BCUT2D eigenvalue weighted by Gasteiger charge is -2.39. The topological polar surface area (TPSA) is 57.6 Å². The molecule has 102 valence electrons. The summed E-state index contributed by atoms with van der Waals surface area (Å²) < 4.78 is 0. The molecular weight excluding hydrogens is 266 g/mol. The van der Waals surface area contributed by atoms with Crippen molar-refractivity contribution in [1.82, 2.24) is 4.90 Å². The molecule has 0 radical (unpaired) electrons. The van der Waals surface area contributed by atoms with E-state index >= 15 is 0 Å². The van der Waals surface area contributed by atoms with Crippen molar-refractivity contribution in [3.63, 3.8) is 0 Å². The fourth-order valence-electron chi connectivity index (χ4n) is 2.66. The van der Waals surface area contributed by atoms with Gasteiger partial charge in [0.1, 0.15) is 0 Å². The Morgan fingerprint density at radius 3 is 2.58 bits per heavy atom. The number of likely N-dealkylation sites (tertiary alicyclic amines) is 1. The lowest BCUT2D eigenvalue weighted by molar-refractivity contribution is -0.151. The summed E-state index contributed by atoms with van der Waals surface area (Å²) in [7, 11) is 0. The summed E-state index contributed by atoms with van der Waals surface area (Å²) in [6, 6.07) is 6.64. The quantitative estimate of drug-likeness (QED) is 0.927. The van der Waals surface area contributed by atoms with E-state index in [0.29, 0.717) is 24.4 Å². The van der Waals surface area contributed by atoms with Gasteiger partial charge in [0, 0.05) is 18.0 Å². The lowest BCUT2D eigenvalue weighted by atomic mass is 9.84. The molecule has 2 rings (SSSR count). The molecule has 1 aromatic rings. The molecule has 1 fully saturated rings. The Labute approximate surface area is 117 Å². The predicted molar refractivity (Wildman–Crippen MR) is 71.9 cm³/mol. The first kappa shape index (κ1) is 13.9. The van der Waals surface area contributed by atoms with Crippen molar-refractivity contribution in [1.29, 1.82) is 0 Å². The van der Waals surface area contributed by atoms with Crippen LogP contribution in [-0.2, 0) is 9.59 Å². The molecule has 19 heavy (non-hydrogen) atoms. The van der Waals surface area contributed by atoms with Crippen molar-refractivity contribution in [2.24, 2.45) is 5.92 Å². The number of hydrogen-bond donors (Lipinski definition) is 1. The number of benzene rings is 1. The SMILES string of the molecule is CCN1C(=O)CC[C@@H](C(=O)O)[C@@H]1c1ccc(Cl)cc1. The van der Waals surface area contributed by atoms with Crippen LogP contribution in [0.2, 0.25) is 5.02 Å². The molecule has 0 unspecified atom stereocenters.